The zero-order valence-corrected chi connectivity index (χ0v) is 32.2. The van der Waals surface area contributed by atoms with Crippen molar-refractivity contribution in [2.45, 2.75) is 83.9 Å². The third-order valence-electron chi connectivity index (χ3n) is 10.9. The van der Waals surface area contributed by atoms with E-state index in [9.17, 15) is 27.9 Å². The van der Waals surface area contributed by atoms with Gasteiger partial charge in [0.1, 0.15) is 11.5 Å². The second-order valence-electron chi connectivity index (χ2n) is 14.8. The van der Waals surface area contributed by atoms with Crippen molar-refractivity contribution >= 4 is 23.4 Å². The van der Waals surface area contributed by atoms with Crippen LogP contribution >= 0.6 is 11.6 Å². The first-order valence-electron chi connectivity index (χ1n) is 18.7. The maximum absolute atomic E-state index is 14.5. The predicted octanol–water partition coefficient (Wildman–Crippen LogP) is 8.92. The molecule has 9 nitrogen and oxygen atoms in total. The predicted molar refractivity (Wildman–Crippen MR) is 203 cm³/mol. The first kappa shape index (κ1) is 40.1. The maximum Gasteiger partial charge on any atom is 0.435 e. The molecule has 2 aromatic heterocycles. The van der Waals surface area contributed by atoms with Crippen molar-refractivity contribution in [2.75, 3.05) is 20.8 Å². The number of carboxylic acid groups (broad SMARTS) is 1. The molecule has 292 valence electrons. The molecule has 0 unspecified atom stereocenters. The van der Waals surface area contributed by atoms with Crippen LogP contribution in [0.3, 0.4) is 0 Å². The third kappa shape index (κ3) is 8.96. The van der Waals surface area contributed by atoms with E-state index in [0.717, 1.165) is 40.8 Å². The molecular weight excluding hydrogens is 733 g/mol. The standard InChI is InChI=1S/C42H46ClF3N4O5/c1-23(2)28(41(52)53)16-18-35-40(55-4)50-36(38(48-35)42(44,45)46)20-25-12-15-31-29(25)7-5-8-30(31)32-9-6-10-33(37(32)43)34-17-13-26(39(49-34)54-3)22-47-21-24-11-14-27(51)19-24/h5-10,13,17,23-25,28,47H,11-12,14-16,18-22H2,1-4H3,(H,52,53)/t24-,25-,28+/m1/s1. The molecule has 2 N–H and O–H groups in total. The third-order valence-corrected chi connectivity index (χ3v) is 11.3. The summed E-state index contributed by atoms with van der Waals surface area (Å²) in [5.74, 6) is -1.10. The summed E-state index contributed by atoms with van der Waals surface area (Å²) in [6.07, 6.45) is -1.26. The molecule has 0 amide bonds. The van der Waals surface area contributed by atoms with Gasteiger partial charge in [-0.2, -0.15) is 13.2 Å². The monoisotopic (exact) mass is 778 g/mol. The van der Waals surface area contributed by atoms with E-state index in [-0.39, 0.29) is 48.4 Å². The Morgan fingerprint density at radius 1 is 0.945 bits per heavy atom. The van der Waals surface area contributed by atoms with Crippen LogP contribution in [0, 0.1) is 17.8 Å². The van der Waals surface area contributed by atoms with Gasteiger partial charge in [0.15, 0.2) is 5.69 Å². The number of benzene rings is 2. The van der Waals surface area contributed by atoms with Crippen molar-refractivity contribution in [3.63, 3.8) is 0 Å². The average molecular weight is 779 g/mol. The van der Waals surface area contributed by atoms with Crippen molar-refractivity contribution < 1.29 is 37.3 Å². The number of fused-ring (bicyclic) bond motifs is 1. The van der Waals surface area contributed by atoms with E-state index in [1.54, 1.807) is 21.0 Å². The molecule has 0 spiro atoms. The minimum Gasteiger partial charge on any atom is -0.481 e. The van der Waals surface area contributed by atoms with Crippen LogP contribution in [-0.2, 0) is 41.6 Å². The summed E-state index contributed by atoms with van der Waals surface area (Å²) >= 11 is 7.14. The molecule has 0 bridgehead atoms. The number of nitrogens with one attached hydrogen (secondary N) is 1. The van der Waals surface area contributed by atoms with Crippen LogP contribution in [-0.4, -0.2) is 52.6 Å². The van der Waals surface area contributed by atoms with Crippen molar-refractivity contribution in [2.24, 2.45) is 17.8 Å². The van der Waals surface area contributed by atoms with Crippen LogP contribution in [0.5, 0.6) is 11.8 Å². The number of aliphatic carboxylic acids is 1. The number of aromatic nitrogens is 3. The van der Waals surface area contributed by atoms with E-state index in [1.807, 2.05) is 48.5 Å². The van der Waals surface area contributed by atoms with Gasteiger partial charge in [-0.1, -0.05) is 67.9 Å². The summed E-state index contributed by atoms with van der Waals surface area (Å²) in [5, 5.41) is 13.5. The molecule has 2 heterocycles. The lowest BCUT2D eigenvalue weighted by atomic mass is 9.90. The molecule has 13 heteroatoms. The number of alkyl halides is 3. The Kier molecular flexibility index (Phi) is 12.5. The average Bonchev–Trinajstić information content (AvgIpc) is 3.76. The number of carbonyl (C=O) groups is 2. The highest BCUT2D eigenvalue weighted by atomic mass is 35.5. The van der Waals surface area contributed by atoms with Crippen molar-refractivity contribution in [3.05, 3.63) is 87.3 Å². The van der Waals surface area contributed by atoms with Gasteiger partial charge in [0.05, 0.1) is 36.5 Å². The molecule has 3 atom stereocenters. The van der Waals surface area contributed by atoms with Crippen LogP contribution in [0.1, 0.15) is 85.6 Å². The smallest absolute Gasteiger partial charge is 0.435 e. The van der Waals surface area contributed by atoms with E-state index in [4.69, 9.17) is 26.1 Å². The molecule has 2 aromatic carbocycles. The Morgan fingerprint density at radius 2 is 1.67 bits per heavy atom. The number of carboxylic acids is 1. The Bertz CT molecular complexity index is 2060. The van der Waals surface area contributed by atoms with Gasteiger partial charge in [-0.25, -0.2) is 15.0 Å². The van der Waals surface area contributed by atoms with Gasteiger partial charge in [0.25, 0.3) is 0 Å². The number of nitrogens with zero attached hydrogens (tertiary/aromatic N) is 3. The molecule has 0 saturated heterocycles. The van der Waals surface area contributed by atoms with Crippen molar-refractivity contribution in [1.29, 1.82) is 0 Å². The van der Waals surface area contributed by atoms with E-state index < -0.39 is 23.8 Å². The SMILES string of the molecule is COc1nc(-c2cccc(-c3cccc4c3CC[C@@H]4Cc3nc(OC)c(CC[C@H](C(=O)O)C(C)C)nc3C(F)(F)F)c2Cl)ccc1CNC[C@@H]1CCC(=O)C1. The fraction of sp³-hybridized carbons (Fsp3) is 0.452. The van der Waals surface area contributed by atoms with Gasteiger partial charge in [-0.15, -0.1) is 0 Å². The Balaban J connectivity index is 1.25. The topological polar surface area (TPSA) is 124 Å². The van der Waals surface area contributed by atoms with Gasteiger partial charge in [-0.05, 0) is 85.6 Å². The fourth-order valence-electron chi connectivity index (χ4n) is 8.00. The lowest BCUT2D eigenvalue weighted by Gasteiger charge is -2.20. The molecular formula is C42H46ClF3N4O5. The Hall–Kier alpha value is -4.55. The summed E-state index contributed by atoms with van der Waals surface area (Å²) in [4.78, 5) is 36.5. The summed E-state index contributed by atoms with van der Waals surface area (Å²) in [6.45, 7) is 4.82. The Labute approximate surface area is 324 Å². The number of carbonyl (C=O) groups excluding carboxylic acids is 1. The van der Waals surface area contributed by atoms with Gasteiger partial charge in [-0.3, -0.25) is 9.59 Å². The van der Waals surface area contributed by atoms with Crippen LogP contribution in [0.25, 0.3) is 22.4 Å². The van der Waals surface area contributed by atoms with Gasteiger partial charge >= 0.3 is 12.1 Å². The summed E-state index contributed by atoms with van der Waals surface area (Å²) in [5.41, 5.74) is 4.58. The van der Waals surface area contributed by atoms with E-state index in [2.05, 4.69) is 15.3 Å². The zero-order valence-electron chi connectivity index (χ0n) is 31.4. The van der Waals surface area contributed by atoms with E-state index >= 15 is 0 Å². The van der Waals surface area contributed by atoms with Crippen LogP contribution in [0.4, 0.5) is 13.2 Å². The van der Waals surface area contributed by atoms with E-state index in [1.165, 1.54) is 7.11 Å². The van der Waals surface area contributed by atoms with Crippen LogP contribution in [0.2, 0.25) is 5.02 Å². The number of hydrogen-bond donors (Lipinski definition) is 2. The number of ether oxygens (including phenoxy) is 2. The lowest BCUT2D eigenvalue weighted by molar-refractivity contribution is -0.144. The summed E-state index contributed by atoms with van der Waals surface area (Å²) < 4.78 is 54.6. The van der Waals surface area contributed by atoms with Gasteiger partial charge < -0.3 is 19.9 Å². The van der Waals surface area contributed by atoms with Gasteiger partial charge in [0, 0.05) is 36.1 Å². The molecule has 0 radical (unpaired) electrons. The number of methoxy groups -OCH3 is 2. The number of rotatable bonds is 15. The van der Waals surface area contributed by atoms with Crippen LogP contribution in [0.15, 0.2) is 48.5 Å². The van der Waals surface area contributed by atoms with Crippen molar-refractivity contribution in [3.8, 4) is 34.1 Å². The van der Waals surface area contributed by atoms with Crippen molar-refractivity contribution in [1.82, 2.24) is 20.3 Å². The molecule has 0 aliphatic heterocycles. The number of Topliss-reactive ketones (excluding diaryl/α,β-unsaturated/α-hetero) is 1. The second kappa shape index (κ2) is 17.1. The number of ketones is 1. The minimum absolute atomic E-state index is 0.00382. The highest BCUT2D eigenvalue weighted by Gasteiger charge is 2.39. The molecule has 1 fully saturated rings. The minimum atomic E-state index is -4.77. The number of hydrogen-bond acceptors (Lipinski definition) is 8. The molecule has 55 heavy (non-hydrogen) atoms. The molecule has 2 aliphatic carbocycles. The number of halogens is 4. The number of pyridine rings is 1. The quantitative estimate of drug-likeness (QED) is 0.122. The first-order valence-corrected chi connectivity index (χ1v) is 19.1. The maximum atomic E-state index is 14.5. The highest BCUT2D eigenvalue weighted by molar-refractivity contribution is 6.36. The normalized spacial score (nSPS) is 17.4. The highest BCUT2D eigenvalue weighted by Crippen LogP contribution is 2.45. The lowest BCUT2D eigenvalue weighted by Crippen LogP contribution is -2.22. The largest absolute Gasteiger partial charge is 0.481 e. The fourth-order valence-corrected chi connectivity index (χ4v) is 8.32. The molecule has 2 aliphatic rings. The second-order valence-corrected chi connectivity index (χ2v) is 15.2. The van der Waals surface area contributed by atoms with E-state index in [0.29, 0.717) is 66.1 Å². The Morgan fingerprint density at radius 3 is 2.35 bits per heavy atom. The number of aryl methyl sites for hydroxylation is 1. The van der Waals surface area contributed by atoms with Gasteiger partial charge in [0.2, 0.25) is 11.8 Å². The molecule has 1 saturated carbocycles. The first-order chi connectivity index (χ1) is 26.3. The molecule has 4 aromatic rings. The zero-order chi connectivity index (χ0) is 39.4. The summed E-state index contributed by atoms with van der Waals surface area (Å²) in [6, 6.07) is 15.4. The van der Waals surface area contributed by atoms with Crippen LogP contribution < -0.4 is 14.8 Å². The molecule has 6 rings (SSSR count). The summed E-state index contributed by atoms with van der Waals surface area (Å²) in [7, 11) is 2.90.